The molecule has 1 aliphatic heterocycles. The van der Waals surface area contributed by atoms with Crippen molar-refractivity contribution in [3.8, 4) is 0 Å². The molecule has 1 aromatic heterocycles. The van der Waals surface area contributed by atoms with E-state index in [0.29, 0.717) is 19.0 Å². The number of hydrogen-bond acceptors (Lipinski definition) is 3. The summed E-state index contributed by atoms with van der Waals surface area (Å²) in [6.45, 7) is 3.49. The Morgan fingerprint density at radius 2 is 1.95 bits per heavy atom. The van der Waals surface area contributed by atoms with Gasteiger partial charge in [0.1, 0.15) is 0 Å². The first-order valence-electron chi connectivity index (χ1n) is 7.59. The minimum atomic E-state index is 0.0207. The molecule has 3 amide bonds. The maximum Gasteiger partial charge on any atom is 0.317 e. The fraction of sp³-hybridized carbons (Fsp3) is 0.600. The van der Waals surface area contributed by atoms with E-state index in [2.05, 4.69) is 5.32 Å². The third-order valence-corrected chi connectivity index (χ3v) is 4.90. The van der Waals surface area contributed by atoms with Crippen LogP contribution in [-0.2, 0) is 0 Å². The molecule has 2 heterocycles. The van der Waals surface area contributed by atoms with E-state index in [-0.39, 0.29) is 11.9 Å². The van der Waals surface area contributed by atoms with Crippen molar-refractivity contribution in [1.82, 2.24) is 15.1 Å². The van der Waals surface area contributed by atoms with Gasteiger partial charge in [-0.05, 0) is 36.6 Å². The summed E-state index contributed by atoms with van der Waals surface area (Å²) in [4.78, 5) is 28.9. The topological polar surface area (TPSA) is 52.7 Å². The fourth-order valence-electron chi connectivity index (χ4n) is 2.55. The van der Waals surface area contributed by atoms with E-state index in [1.165, 1.54) is 24.2 Å². The van der Waals surface area contributed by atoms with Gasteiger partial charge in [0.2, 0.25) is 0 Å². The van der Waals surface area contributed by atoms with Crippen LogP contribution in [0.1, 0.15) is 28.9 Å². The standard InChI is InChI=1S/C15H21N3O2S/c19-14(13-3-1-10-21-13)17-6-2-7-18(9-8-17)15(20)16-11-12-4-5-12/h1,3,10,12H,2,4-9,11H2,(H,16,20). The van der Waals surface area contributed by atoms with Gasteiger partial charge in [0.15, 0.2) is 0 Å². The van der Waals surface area contributed by atoms with Gasteiger partial charge in [0.25, 0.3) is 5.91 Å². The van der Waals surface area contributed by atoms with Crippen molar-refractivity contribution in [2.75, 3.05) is 32.7 Å². The molecule has 1 saturated carbocycles. The largest absolute Gasteiger partial charge is 0.338 e. The molecule has 0 atom stereocenters. The molecule has 1 aromatic rings. The summed E-state index contributed by atoms with van der Waals surface area (Å²) in [5, 5.41) is 4.92. The van der Waals surface area contributed by atoms with E-state index in [1.807, 2.05) is 27.3 Å². The second-order valence-electron chi connectivity index (χ2n) is 5.74. The summed E-state index contributed by atoms with van der Waals surface area (Å²) in [5.74, 6) is 0.781. The minimum Gasteiger partial charge on any atom is -0.338 e. The lowest BCUT2D eigenvalue weighted by molar-refractivity contribution is 0.0767. The first-order chi connectivity index (χ1) is 10.2. The Morgan fingerprint density at radius 1 is 1.19 bits per heavy atom. The summed E-state index contributed by atoms with van der Waals surface area (Å²) in [6, 6.07) is 3.78. The van der Waals surface area contributed by atoms with Crippen molar-refractivity contribution in [3.05, 3.63) is 22.4 Å². The van der Waals surface area contributed by atoms with Crippen LogP contribution in [-0.4, -0.2) is 54.5 Å². The third kappa shape index (κ3) is 3.75. The predicted molar refractivity (Wildman–Crippen MR) is 82.5 cm³/mol. The molecule has 21 heavy (non-hydrogen) atoms. The molecule has 2 fully saturated rings. The number of rotatable bonds is 3. The summed E-state index contributed by atoms with van der Waals surface area (Å²) >= 11 is 1.47. The van der Waals surface area contributed by atoms with Gasteiger partial charge < -0.3 is 15.1 Å². The van der Waals surface area contributed by atoms with Crippen molar-refractivity contribution in [2.45, 2.75) is 19.3 Å². The van der Waals surface area contributed by atoms with Crippen LogP contribution >= 0.6 is 11.3 Å². The minimum absolute atomic E-state index is 0.0207. The number of carbonyl (C=O) groups is 2. The molecule has 0 aromatic carbocycles. The lowest BCUT2D eigenvalue weighted by Crippen LogP contribution is -2.43. The average Bonchev–Trinajstić information content (AvgIpc) is 3.23. The highest BCUT2D eigenvalue weighted by molar-refractivity contribution is 7.12. The number of amides is 3. The van der Waals surface area contributed by atoms with Crippen LogP contribution in [0.15, 0.2) is 17.5 Å². The van der Waals surface area contributed by atoms with Crippen LogP contribution in [0.25, 0.3) is 0 Å². The molecule has 3 rings (SSSR count). The highest BCUT2D eigenvalue weighted by atomic mass is 32.1. The zero-order valence-electron chi connectivity index (χ0n) is 12.1. The molecule has 0 spiro atoms. The van der Waals surface area contributed by atoms with Crippen LogP contribution in [0.5, 0.6) is 0 Å². The lowest BCUT2D eigenvalue weighted by atomic mass is 10.3. The first kappa shape index (κ1) is 14.4. The molecule has 6 heteroatoms. The number of nitrogens with zero attached hydrogens (tertiary/aromatic N) is 2. The number of urea groups is 1. The van der Waals surface area contributed by atoms with Crippen molar-refractivity contribution >= 4 is 23.3 Å². The van der Waals surface area contributed by atoms with Crippen LogP contribution in [0.4, 0.5) is 4.79 Å². The molecule has 114 valence electrons. The summed E-state index contributed by atoms with van der Waals surface area (Å²) in [7, 11) is 0. The zero-order valence-corrected chi connectivity index (χ0v) is 12.9. The normalized spacial score (nSPS) is 19.2. The SMILES string of the molecule is O=C(NCC1CC1)N1CCCN(C(=O)c2cccs2)CC1. The maximum atomic E-state index is 12.3. The second kappa shape index (κ2) is 6.47. The van der Waals surface area contributed by atoms with Crippen LogP contribution < -0.4 is 5.32 Å². The third-order valence-electron chi connectivity index (χ3n) is 4.04. The van der Waals surface area contributed by atoms with E-state index >= 15 is 0 Å². The van der Waals surface area contributed by atoms with E-state index < -0.39 is 0 Å². The van der Waals surface area contributed by atoms with Crippen molar-refractivity contribution in [2.24, 2.45) is 5.92 Å². The molecule has 1 N–H and O–H groups in total. The maximum absolute atomic E-state index is 12.3. The smallest absolute Gasteiger partial charge is 0.317 e. The lowest BCUT2D eigenvalue weighted by Gasteiger charge is -2.22. The Balaban J connectivity index is 1.51. The van der Waals surface area contributed by atoms with Crippen LogP contribution in [0.3, 0.4) is 0 Å². The van der Waals surface area contributed by atoms with Crippen molar-refractivity contribution in [1.29, 1.82) is 0 Å². The van der Waals surface area contributed by atoms with Crippen molar-refractivity contribution < 1.29 is 9.59 Å². The fourth-order valence-corrected chi connectivity index (χ4v) is 3.24. The molecule has 0 bridgehead atoms. The Bertz CT molecular complexity index is 499. The number of carbonyl (C=O) groups excluding carboxylic acids is 2. The summed E-state index contributed by atoms with van der Waals surface area (Å²) < 4.78 is 0. The summed E-state index contributed by atoms with van der Waals surface area (Å²) in [6.07, 6.45) is 3.32. The predicted octanol–water partition coefficient (Wildman–Crippen LogP) is 2.02. The summed E-state index contributed by atoms with van der Waals surface area (Å²) in [5.41, 5.74) is 0. The van der Waals surface area contributed by atoms with Gasteiger partial charge in [-0.15, -0.1) is 11.3 Å². The molecule has 0 radical (unpaired) electrons. The van der Waals surface area contributed by atoms with Gasteiger partial charge in [-0.3, -0.25) is 4.79 Å². The van der Waals surface area contributed by atoms with Crippen LogP contribution in [0.2, 0.25) is 0 Å². The van der Waals surface area contributed by atoms with E-state index in [4.69, 9.17) is 0 Å². The Kier molecular flexibility index (Phi) is 4.43. The number of thiophene rings is 1. The molecule has 0 unspecified atom stereocenters. The Labute approximate surface area is 128 Å². The van der Waals surface area contributed by atoms with E-state index in [1.54, 1.807) is 0 Å². The average molecular weight is 307 g/mol. The monoisotopic (exact) mass is 307 g/mol. The van der Waals surface area contributed by atoms with Gasteiger partial charge in [0.05, 0.1) is 4.88 Å². The van der Waals surface area contributed by atoms with Gasteiger partial charge in [-0.25, -0.2) is 4.79 Å². The molecule has 2 aliphatic rings. The molecule has 5 nitrogen and oxygen atoms in total. The van der Waals surface area contributed by atoms with Crippen LogP contribution in [0, 0.1) is 5.92 Å². The van der Waals surface area contributed by atoms with E-state index in [9.17, 15) is 9.59 Å². The highest BCUT2D eigenvalue weighted by Crippen LogP contribution is 2.27. The first-order valence-corrected chi connectivity index (χ1v) is 8.47. The van der Waals surface area contributed by atoms with Gasteiger partial charge in [0, 0.05) is 32.7 Å². The Hall–Kier alpha value is -1.56. The Morgan fingerprint density at radius 3 is 2.67 bits per heavy atom. The van der Waals surface area contributed by atoms with Gasteiger partial charge >= 0.3 is 6.03 Å². The quantitative estimate of drug-likeness (QED) is 0.929. The van der Waals surface area contributed by atoms with Gasteiger partial charge in [-0.2, -0.15) is 0 Å². The molecule has 1 aliphatic carbocycles. The van der Waals surface area contributed by atoms with Gasteiger partial charge in [-0.1, -0.05) is 6.07 Å². The molecule has 1 saturated heterocycles. The molecular weight excluding hydrogens is 286 g/mol. The number of hydrogen-bond donors (Lipinski definition) is 1. The second-order valence-corrected chi connectivity index (χ2v) is 6.69. The van der Waals surface area contributed by atoms with E-state index in [0.717, 1.165) is 30.9 Å². The molecular formula is C15H21N3O2S. The zero-order chi connectivity index (χ0) is 14.7. The highest BCUT2D eigenvalue weighted by Gasteiger charge is 2.25. The van der Waals surface area contributed by atoms with Crippen molar-refractivity contribution in [3.63, 3.8) is 0 Å². The number of nitrogens with one attached hydrogen (secondary N) is 1.